The van der Waals surface area contributed by atoms with Crippen LogP contribution in [-0.2, 0) is 16.0 Å². The number of rotatable bonds is 5. The molecule has 0 saturated carbocycles. The fourth-order valence-corrected chi connectivity index (χ4v) is 2.49. The molecule has 1 fully saturated rings. The van der Waals surface area contributed by atoms with E-state index in [4.69, 9.17) is 10.00 Å². The second-order valence-electron chi connectivity index (χ2n) is 4.92. The zero-order chi connectivity index (χ0) is 14.4. The first-order valence-corrected chi connectivity index (χ1v) is 7.49. The van der Waals surface area contributed by atoms with Crippen molar-refractivity contribution >= 4 is 21.8 Å². The number of nitrogens with one attached hydrogen (secondary N) is 1. The number of carbonyl (C=O) groups is 1. The first-order valence-electron chi connectivity index (χ1n) is 6.70. The largest absolute Gasteiger partial charge is 0.381 e. The van der Waals surface area contributed by atoms with E-state index in [1.54, 1.807) is 0 Å². The number of benzene rings is 1. The normalized spacial score (nSPS) is 19.3. The molecule has 1 heterocycles. The van der Waals surface area contributed by atoms with Gasteiger partial charge in [-0.3, -0.25) is 4.79 Å². The van der Waals surface area contributed by atoms with Crippen molar-refractivity contribution in [1.82, 2.24) is 5.32 Å². The standard InChI is InChI=1S/C15H17BrN2O2/c16-13-4-1-11(2-5-13)3-6-15(19)18-14(9-17)12-7-8-20-10-12/h1-2,4-5,12,14H,3,6-8,10H2,(H,18,19)/t12-,14-/m0/s1. The maximum atomic E-state index is 11.9. The first kappa shape index (κ1) is 15.0. The number of halogens is 1. The van der Waals surface area contributed by atoms with E-state index in [2.05, 4.69) is 27.3 Å². The van der Waals surface area contributed by atoms with Crippen molar-refractivity contribution < 1.29 is 9.53 Å². The fourth-order valence-electron chi connectivity index (χ4n) is 2.23. The minimum atomic E-state index is -0.435. The molecule has 1 aromatic rings. The Kier molecular flexibility index (Phi) is 5.57. The lowest BCUT2D eigenvalue weighted by Crippen LogP contribution is -2.39. The predicted molar refractivity (Wildman–Crippen MR) is 78.9 cm³/mol. The zero-order valence-corrected chi connectivity index (χ0v) is 12.7. The fraction of sp³-hybridized carbons (Fsp3) is 0.467. The van der Waals surface area contributed by atoms with Crippen molar-refractivity contribution in [3.63, 3.8) is 0 Å². The summed E-state index contributed by atoms with van der Waals surface area (Å²) in [6, 6.07) is 9.63. The average Bonchev–Trinajstić information content (AvgIpc) is 2.98. The highest BCUT2D eigenvalue weighted by molar-refractivity contribution is 9.10. The predicted octanol–water partition coefficient (Wildman–Crippen LogP) is 2.43. The molecule has 1 aliphatic rings. The number of amides is 1. The van der Waals surface area contributed by atoms with Crippen molar-refractivity contribution in [2.75, 3.05) is 13.2 Å². The van der Waals surface area contributed by atoms with Gasteiger partial charge in [-0.05, 0) is 30.5 Å². The van der Waals surface area contributed by atoms with Gasteiger partial charge in [-0.2, -0.15) is 5.26 Å². The summed E-state index contributed by atoms with van der Waals surface area (Å²) >= 11 is 3.38. The molecular weight excluding hydrogens is 320 g/mol. The molecule has 0 aliphatic carbocycles. The Hall–Kier alpha value is -1.38. The molecule has 0 radical (unpaired) electrons. The average molecular weight is 337 g/mol. The summed E-state index contributed by atoms with van der Waals surface area (Å²) in [4.78, 5) is 11.9. The Morgan fingerprint density at radius 2 is 2.25 bits per heavy atom. The Morgan fingerprint density at radius 3 is 2.85 bits per heavy atom. The van der Waals surface area contributed by atoms with Crippen LogP contribution >= 0.6 is 15.9 Å². The van der Waals surface area contributed by atoms with E-state index >= 15 is 0 Å². The third-order valence-corrected chi connectivity index (χ3v) is 3.97. The summed E-state index contributed by atoms with van der Waals surface area (Å²) < 4.78 is 6.28. The molecule has 0 unspecified atom stereocenters. The van der Waals surface area contributed by atoms with E-state index in [9.17, 15) is 4.79 Å². The molecule has 106 valence electrons. The topological polar surface area (TPSA) is 62.1 Å². The van der Waals surface area contributed by atoms with Crippen LogP contribution in [0.5, 0.6) is 0 Å². The monoisotopic (exact) mass is 336 g/mol. The summed E-state index contributed by atoms with van der Waals surface area (Å²) in [6.45, 7) is 1.24. The van der Waals surface area contributed by atoms with Gasteiger partial charge >= 0.3 is 0 Å². The van der Waals surface area contributed by atoms with Gasteiger partial charge in [0.1, 0.15) is 6.04 Å². The van der Waals surface area contributed by atoms with Gasteiger partial charge in [-0.25, -0.2) is 0 Å². The maximum Gasteiger partial charge on any atom is 0.221 e. The smallest absolute Gasteiger partial charge is 0.221 e. The van der Waals surface area contributed by atoms with Crippen LogP contribution in [-0.4, -0.2) is 25.2 Å². The van der Waals surface area contributed by atoms with E-state index < -0.39 is 6.04 Å². The van der Waals surface area contributed by atoms with Gasteiger partial charge in [0.15, 0.2) is 0 Å². The van der Waals surface area contributed by atoms with Gasteiger partial charge in [-0.15, -0.1) is 0 Å². The highest BCUT2D eigenvalue weighted by Gasteiger charge is 2.26. The first-order chi connectivity index (χ1) is 9.69. The van der Waals surface area contributed by atoms with Gasteiger partial charge in [0, 0.05) is 23.4 Å². The Labute approximate surface area is 127 Å². The van der Waals surface area contributed by atoms with Crippen molar-refractivity contribution in [3.8, 4) is 6.07 Å². The number of ether oxygens (including phenoxy) is 1. The van der Waals surface area contributed by atoms with Crippen LogP contribution in [0.2, 0.25) is 0 Å². The Morgan fingerprint density at radius 1 is 1.50 bits per heavy atom. The van der Waals surface area contributed by atoms with Crippen molar-refractivity contribution in [3.05, 3.63) is 34.3 Å². The maximum absolute atomic E-state index is 11.9. The summed E-state index contributed by atoms with van der Waals surface area (Å²) in [7, 11) is 0. The van der Waals surface area contributed by atoms with Crippen LogP contribution in [0.3, 0.4) is 0 Å². The molecule has 0 aromatic heterocycles. The lowest BCUT2D eigenvalue weighted by atomic mass is 10.00. The third kappa shape index (κ3) is 4.32. The van der Waals surface area contributed by atoms with Crippen LogP contribution in [0.15, 0.2) is 28.7 Å². The zero-order valence-electron chi connectivity index (χ0n) is 11.1. The van der Waals surface area contributed by atoms with Crippen LogP contribution < -0.4 is 5.32 Å². The van der Waals surface area contributed by atoms with Crippen molar-refractivity contribution in [1.29, 1.82) is 5.26 Å². The Bertz CT molecular complexity index is 490. The summed E-state index contributed by atoms with van der Waals surface area (Å²) in [6.07, 6.45) is 1.91. The van der Waals surface area contributed by atoms with Crippen molar-refractivity contribution in [2.24, 2.45) is 5.92 Å². The highest BCUT2D eigenvalue weighted by Crippen LogP contribution is 2.16. The van der Waals surface area contributed by atoms with Crippen LogP contribution in [0, 0.1) is 17.2 Å². The molecule has 1 aliphatic heterocycles. The number of hydrogen-bond acceptors (Lipinski definition) is 3. The lowest BCUT2D eigenvalue weighted by Gasteiger charge is -2.16. The van der Waals surface area contributed by atoms with Gasteiger partial charge < -0.3 is 10.1 Å². The second kappa shape index (κ2) is 7.41. The van der Waals surface area contributed by atoms with Crippen LogP contribution in [0.4, 0.5) is 0 Å². The molecule has 4 nitrogen and oxygen atoms in total. The van der Waals surface area contributed by atoms with E-state index in [1.165, 1.54) is 0 Å². The summed E-state index contributed by atoms with van der Waals surface area (Å²) in [5, 5.41) is 11.9. The van der Waals surface area contributed by atoms with Crippen LogP contribution in [0.1, 0.15) is 18.4 Å². The summed E-state index contributed by atoms with van der Waals surface area (Å²) in [5.74, 6) is 0.0444. The highest BCUT2D eigenvalue weighted by atomic mass is 79.9. The molecule has 20 heavy (non-hydrogen) atoms. The number of carbonyl (C=O) groups excluding carboxylic acids is 1. The Balaban J connectivity index is 1.79. The molecule has 0 spiro atoms. The van der Waals surface area contributed by atoms with Gasteiger partial charge in [0.25, 0.3) is 0 Å². The van der Waals surface area contributed by atoms with Crippen LogP contribution in [0.25, 0.3) is 0 Å². The molecule has 2 atom stereocenters. The molecule has 1 N–H and O–H groups in total. The van der Waals surface area contributed by atoms with E-state index in [-0.39, 0.29) is 11.8 Å². The lowest BCUT2D eigenvalue weighted by molar-refractivity contribution is -0.121. The molecule has 5 heteroatoms. The minimum Gasteiger partial charge on any atom is -0.381 e. The van der Waals surface area contributed by atoms with Gasteiger partial charge in [0.05, 0.1) is 12.7 Å². The minimum absolute atomic E-state index is 0.0774. The number of nitriles is 1. The molecule has 2 rings (SSSR count). The van der Waals surface area contributed by atoms with Gasteiger partial charge in [0.2, 0.25) is 5.91 Å². The second-order valence-corrected chi connectivity index (χ2v) is 5.84. The number of nitrogens with zero attached hydrogens (tertiary/aromatic N) is 1. The summed E-state index contributed by atoms with van der Waals surface area (Å²) in [5.41, 5.74) is 1.11. The SMILES string of the molecule is N#C[C@H](NC(=O)CCc1ccc(Br)cc1)[C@H]1CCOC1. The molecule has 1 amide bonds. The van der Waals surface area contributed by atoms with E-state index in [0.717, 1.165) is 16.5 Å². The van der Waals surface area contributed by atoms with E-state index in [1.807, 2.05) is 24.3 Å². The van der Waals surface area contributed by atoms with Crippen molar-refractivity contribution in [2.45, 2.75) is 25.3 Å². The number of hydrogen-bond donors (Lipinski definition) is 1. The molecule has 1 aromatic carbocycles. The third-order valence-electron chi connectivity index (χ3n) is 3.45. The number of aryl methyl sites for hydroxylation is 1. The molecule has 1 saturated heterocycles. The quantitative estimate of drug-likeness (QED) is 0.898. The molecule has 0 bridgehead atoms. The van der Waals surface area contributed by atoms with Gasteiger partial charge in [-0.1, -0.05) is 28.1 Å². The van der Waals surface area contributed by atoms with E-state index in [0.29, 0.717) is 26.1 Å². The molecular formula is C15H17BrN2O2.